The van der Waals surface area contributed by atoms with Crippen LogP contribution in [0.5, 0.6) is 0 Å². The quantitative estimate of drug-likeness (QED) is 0.107. The number of benzene rings is 10. The van der Waals surface area contributed by atoms with Gasteiger partial charge in [0.25, 0.3) is 0 Å². The van der Waals surface area contributed by atoms with Gasteiger partial charge in [0.2, 0.25) is 0 Å². The molecule has 6 heteroatoms. The van der Waals surface area contributed by atoms with Crippen LogP contribution in [0.2, 0.25) is 0 Å². The van der Waals surface area contributed by atoms with E-state index in [9.17, 15) is 15.1 Å². The Morgan fingerprint density at radius 2 is 0.841 bits per heavy atom. The van der Waals surface area contributed by atoms with Crippen molar-refractivity contribution in [3.8, 4) is 51.0 Å². The molecule has 324 valence electrons. The van der Waals surface area contributed by atoms with Crippen molar-refractivity contribution >= 4 is 82.1 Å². The third-order valence-corrected chi connectivity index (χ3v) is 17.9. The SMILES string of the molecule is [2H]c1c([2H])c(-c2nc(-c3ccc([Si](c4ccccc4)(c4ccccc4)c4ccccc4)cc3)nc(-c3c([2H])c([2H])c([2H])c(-n4c5c([2H])c([2H])c([2H])c([2H])c5c5c([2H])c([2H])c([2H])c([2H])c54)c3[2H])n2)c([2H])c(-c2c([2H])c([2H])c([2H])c3c2sc2c([2H])c([2H])c([2H])c([2H])c23)c1[2H]. The molecule has 4 nitrogen and oxygen atoms in total. The molecule has 0 bridgehead atoms. The van der Waals surface area contributed by atoms with Gasteiger partial charge in [-0.05, 0) is 68.1 Å². The Hall–Kier alpha value is -8.55. The average Bonchev–Trinajstić information content (AvgIpc) is 1.50. The molecule has 0 radical (unpaired) electrons. The smallest absolute Gasteiger partial charge is 0.179 e. The van der Waals surface area contributed by atoms with Gasteiger partial charge in [0.05, 0.1) is 42.6 Å². The second-order valence-electron chi connectivity index (χ2n) is 15.7. The Bertz CT molecular complexity index is 5210. The molecule has 0 N–H and O–H groups in total. The Morgan fingerprint density at radius 3 is 1.45 bits per heavy atom. The first-order chi connectivity index (χ1) is 43.8. The number of nitrogens with zero attached hydrogens (tertiary/aromatic N) is 4. The molecule has 0 fully saturated rings. The minimum Gasteiger partial charge on any atom is -0.309 e. The molecule has 0 saturated heterocycles. The van der Waals surface area contributed by atoms with Crippen LogP contribution in [0.15, 0.2) is 254 Å². The number of para-hydroxylation sites is 2. The van der Waals surface area contributed by atoms with E-state index in [0.717, 1.165) is 25.3 Å². The molecule has 10 aromatic carbocycles. The number of fused-ring (bicyclic) bond motifs is 6. The predicted octanol–water partition coefficient (Wildman–Crippen LogP) is 13.4. The van der Waals surface area contributed by atoms with E-state index in [-0.39, 0.29) is 31.6 Å². The second-order valence-corrected chi connectivity index (χ2v) is 20.6. The Morgan fingerprint density at radius 1 is 0.377 bits per heavy atom. The Labute approximate surface area is 437 Å². The summed E-state index contributed by atoms with van der Waals surface area (Å²) in [6, 6.07) is 19.7. The van der Waals surface area contributed by atoms with Crippen molar-refractivity contribution < 1.29 is 31.5 Å². The molecule has 3 heterocycles. The van der Waals surface area contributed by atoms with Gasteiger partial charge < -0.3 is 4.57 Å². The highest BCUT2D eigenvalue weighted by Crippen LogP contribution is 2.41. The van der Waals surface area contributed by atoms with Crippen LogP contribution in [0.25, 0.3) is 93.0 Å². The maximum Gasteiger partial charge on any atom is 0.179 e. The number of aromatic nitrogens is 4. The van der Waals surface area contributed by atoms with Crippen molar-refractivity contribution in [3.63, 3.8) is 0 Å². The molecule has 0 amide bonds. The maximum atomic E-state index is 10.1. The molecule has 0 aliphatic rings. The van der Waals surface area contributed by atoms with E-state index < -0.39 is 208 Å². The lowest BCUT2D eigenvalue weighted by molar-refractivity contribution is 1.07. The molecule has 0 saturated carbocycles. The minimum atomic E-state index is -3.20. The topological polar surface area (TPSA) is 43.6 Å². The van der Waals surface area contributed by atoms with Gasteiger partial charge in [0.15, 0.2) is 25.5 Å². The molecule has 0 aliphatic carbocycles. The maximum absolute atomic E-state index is 10.1. The van der Waals surface area contributed by atoms with E-state index in [1.807, 2.05) is 66.7 Å². The van der Waals surface area contributed by atoms with Gasteiger partial charge in [0, 0.05) is 53.3 Å². The predicted molar refractivity (Wildman–Crippen MR) is 292 cm³/mol. The highest BCUT2D eigenvalue weighted by atomic mass is 32.1. The molecule has 0 atom stereocenters. The lowest BCUT2D eigenvalue weighted by Gasteiger charge is -2.34. The lowest BCUT2D eigenvalue weighted by Crippen LogP contribution is -2.74. The zero-order valence-corrected chi connectivity index (χ0v) is 37.5. The fraction of sp³-hybridized carbons (Fsp3) is 0. The minimum absolute atomic E-state index is 0.0629. The van der Waals surface area contributed by atoms with Crippen molar-refractivity contribution in [3.05, 3.63) is 254 Å². The summed E-state index contributed by atoms with van der Waals surface area (Å²) in [6.45, 7) is 0. The van der Waals surface area contributed by atoms with Crippen LogP contribution in [-0.2, 0) is 0 Å². The highest BCUT2D eigenvalue weighted by molar-refractivity contribution is 7.26. The van der Waals surface area contributed by atoms with Crippen LogP contribution in [-0.4, -0.2) is 27.6 Å². The van der Waals surface area contributed by atoms with E-state index in [1.165, 1.54) is 0 Å². The zero-order chi connectivity index (χ0) is 65.7. The van der Waals surface area contributed by atoms with Crippen molar-refractivity contribution in [1.29, 1.82) is 0 Å². The summed E-state index contributed by atoms with van der Waals surface area (Å²) in [5, 5.41) is 2.82. The number of thiophene rings is 1. The first-order valence-electron chi connectivity index (χ1n) is 33.0. The Balaban J connectivity index is 1.14. The summed E-state index contributed by atoms with van der Waals surface area (Å²) in [7, 11) is -3.20. The molecule has 69 heavy (non-hydrogen) atoms. The van der Waals surface area contributed by atoms with Crippen LogP contribution >= 0.6 is 11.3 Å². The van der Waals surface area contributed by atoms with Crippen molar-refractivity contribution in [1.82, 2.24) is 19.5 Å². The van der Waals surface area contributed by atoms with E-state index in [0.29, 0.717) is 11.3 Å². The van der Waals surface area contributed by atoms with Crippen LogP contribution < -0.4 is 20.7 Å². The van der Waals surface area contributed by atoms with Gasteiger partial charge in [-0.15, -0.1) is 11.3 Å². The molecule has 3 aromatic heterocycles. The summed E-state index contributed by atoms with van der Waals surface area (Å²) in [5.74, 6) is -1.53. The van der Waals surface area contributed by atoms with Crippen LogP contribution in [0.1, 0.15) is 31.5 Å². The third-order valence-electron chi connectivity index (χ3n) is 12.0. The first-order valence-corrected chi connectivity index (χ1v) is 24.3. The summed E-state index contributed by atoms with van der Waals surface area (Å²) in [4.78, 5) is 14.4. The van der Waals surface area contributed by atoms with E-state index >= 15 is 0 Å². The average molecular weight is 938 g/mol. The van der Waals surface area contributed by atoms with E-state index in [2.05, 4.69) is 36.4 Å². The molecule has 0 aliphatic heterocycles. The molecular weight excluding hydrogens is 873 g/mol. The number of rotatable bonds is 9. The van der Waals surface area contributed by atoms with Crippen molar-refractivity contribution in [2.45, 2.75) is 0 Å². The molecular formula is C63H42N4SSi. The summed E-state index contributed by atoms with van der Waals surface area (Å²) in [6.07, 6.45) is 0. The van der Waals surface area contributed by atoms with Gasteiger partial charge in [-0.25, -0.2) is 15.0 Å². The third kappa shape index (κ3) is 6.91. The summed E-state index contributed by atoms with van der Waals surface area (Å²) >= 11 is 0.716. The number of hydrogen-bond donors (Lipinski definition) is 0. The van der Waals surface area contributed by atoms with E-state index in [1.54, 1.807) is 12.1 Å². The lowest BCUT2D eigenvalue weighted by atomic mass is 10.0. The van der Waals surface area contributed by atoms with Crippen molar-refractivity contribution in [2.24, 2.45) is 0 Å². The fourth-order valence-corrected chi connectivity index (χ4v) is 14.8. The molecule has 13 aromatic rings. The molecule has 0 spiro atoms. The van der Waals surface area contributed by atoms with Gasteiger partial charge in [-0.2, -0.15) is 0 Å². The summed E-state index contributed by atoms with van der Waals surface area (Å²) in [5.41, 5.74) is -3.70. The van der Waals surface area contributed by atoms with Gasteiger partial charge in [-0.3, -0.25) is 0 Å². The van der Waals surface area contributed by atoms with Crippen molar-refractivity contribution in [2.75, 3.05) is 0 Å². The van der Waals surface area contributed by atoms with Gasteiger partial charge in [0.1, 0.15) is 0 Å². The summed E-state index contributed by atoms with van der Waals surface area (Å²) < 4.78 is 211. The number of hydrogen-bond acceptors (Lipinski definition) is 4. The monoisotopic (exact) mass is 937 g/mol. The van der Waals surface area contributed by atoms with Gasteiger partial charge in [-0.1, -0.05) is 218 Å². The van der Waals surface area contributed by atoms with Crippen LogP contribution in [0.4, 0.5) is 0 Å². The van der Waals surface area contributed by atoms with Gasteiger partial charge >= 0.3 is 0 Å². The van der Waals surface area contributed by atoms with Crippen LogP contribution in [0.3, 0.4) is 0 Å². The van der Waals surface area contributed by atoms with E-state index in [4.69, 9.17) is 31.4 Å². The zero-order valence-electron chi connectivity index (χ0n) is 58.7. The standard InChI is InChI=1S/C63H42N4SSi/c1-4-23-48(24-5-1)69(49-25-6-2-7-26-49,50-27-8-3-9-28-50)51-39-37-43(38-40-51)61-64-62(45-20-16-19-44(41-45)52-32-18-33-56-55-31-12-15-36-59(55)68-60(52)56)66-63(65-61)46-21-17-22-47(42-46)67-57-34-13-10-29-53(57)54-30-11-14-35-58(54)67/h1-42H/i10D,11D,12D,13D,14D,15D,16D,17D,18D,19D,20D,21D,22D,29D,30D,31D,32D,33D,34D,35D,36D,41D,42D. The molecule has 0 unspecified atom stereocenters. The molecule has 13 rings (SSSR count). The fourth-order valence-electron chi connectivity index (χ4n) is 8.95. The Kier molecular flexibility index (Phi) is 5.76. The van der Waals surface area contributed by atoms with Crippen LogP contribution in [0, 0.1) is 0 Å². The normalized spacial score (nSPS) is 16.4. The highest BCUT2D eigenvalue weighted by Gasteiger charge is 2.41. The second kappa shape index (κ2) is 17.0. The largest absolute Gasteiger partial charge is 0.309 e. The first kappa shape index (κ1) is 23.4.